The van der Waals surface area contributed by atoms with Crippen LogP contribution in [0, 0.1) is 0 Å². The maximum absolute atomic E-state index is 12.5. The molecule has 0 spiro atoms. The highest BCUT2D eigenvalue weighted by molar-refractivity contribution is 7.80. The van der Waals surface area contributed by atoms with Crippen molar-refractivity contribution >= 4 is 23.3 Å². The number of rotatable bonds is 3. The standard InChI is InChI=1S/C16H18N2O4S/c1-8(2)22-15(19)13-9(3)17-16(23)18-14(13)10-4-5-11-12(6-10)21-7-20-11/h4-6,8,14H,7H2,1-3H3,(H2,17,18,23). The SMILES string of the molecule is CC1=C(C(=O)OC(C)C)C(c2ccc3c(c2)OCO3)NC(=S)N1. The fourth-order valence-electron chi connectivity index (χ4n) is 2.58. The van der Waals surface area contributed by atoms with Crippen LogP contribution in [0.2, 0.25) is 0 Å². The second kappa shape index (κ2) is 6.08. The highest BCUT2D eigenvalue weighted by Gasteiger charge is 2.32. The van der Waals surface area contributed by atoms with Crippen LogP contribution in [-0.2, 0) is 9.53 Å². The lowest BCUT2D eigenvalue weighted by Crippen LogP contribution is -2.45. The van der Waals surface area contributed by atoms with Gasteiger partial charge in [0.2, 0.25) is 6.79 Å². The van der Waals surface area contributed by atoms with Gasteiger partial charge >= 0.3 is 5.97 Å². The molecule has 1 aromatic carbocycles. The summed E-state index contributed by atoms with van der Waals surface area (Å²) in [6, 6.07) is 5.16. The van der Waals surface area contributed by atoms with Crippen LogP contribution in [0.3, 0.4) is 0 Å². The number of nitrogens with one attached hydrogen (secondary N) is 2. The van der Waals surface area contributed by atoms with Crippen molar-refractivity contribution in [3.05, 3.63) is 35.0 Å². The number of carbonyl (C=O) groups is 1. The molecule has 0 radical (unpaired) electrons. The van der Waals surface area contributed by atoms with Gasteiger partial charge in [0.15, 0.2) is 16.6 Å². The van der Waals surface area contributed by atoms with Crippen molar-refractivity contribution in [1.82, 2.24) is 10.6 Å². The summed E-state index contributed by atoms with van der Waals surface area (Å²) in [5.41, 5.74) is 2.04. The van der Waals surface area contributed by atoms with Crippen LogP contribution in [0.15, 0.2) is 29.5 Å². The molecule has 0 saturated heterocycles. The summed E-state index contributed by atoms with van der Waals surface area (Å²) >= 11 is 5.22. The highest BCUT2D eigenvalue weighted by atomic mass is 32.1. The summed E-state index contributed by atoms with van der Waals surface area (Å²) in [4.78, 5) is 12.5. The molecule has 2 N–H and O–H groups in total. The first-order chi connectivity index (χ1) is 11.0. The Kier molecular flexibility index (Phi) is 4.12. The van der Waals surface area contributed by atoms with Gasteiger partial charge in [-0.3, -0.25) is 0 Å². The molecule has 2 aliphatic rings. The molecule has 3 rings (SSSR count). The van der Waals surface area contributed by atoms with Crippen LogP contribution in [0.25, 0.3) is 0 Å². The Morgan fingerprint density at radius 2 is 2.09 bits per heavy atom. The Morgan fingerprint density at radius 1 is 1.35 bits per heavy atom. The third kappa shape index (κ3) is 3.10. The van der Waals surface area contributed by atoms with Crippen molar-refractivity contribution in [2.75, 3.05) is 6.79 Å². The van der Waals surface area contributed by atoms with Gasteiger partial charge in [-0.1, -0.05) is 6.07 Å². The number of allylic oxidation sites excluding steroid dienone is 1. The molecular weight excluding hydrogens is 316 g/mol. The van der Waals surface area contributed by atoms with Gasteiger partial charge in [-0.25, -0.2) is 4.79 Å². The topological polar surface area (TPSA) is 68.8 Å². The Bertz CT molecular complexity index is 699. The monoisotopic (exact) mass is 334 g/mol. The van der Waals surface area contributed by atoms with Crippen molar-refractivity contribution < 1.29 is 19.0 Å². The van der Waals surface area contributed by atoms with E-state index in [1.807, 2.05) is 39.0 Å². The molecule has 1 aromatic rings. The van der Waals surface area contributed by atoms with Crippen LogP contribution < -0.4 is 20.1 Å². The lowest BCUT2D eigenvalue weighted by atomic mass is 9.95. The van der Waals surface area contributed by atoms with Gasteiger partial charge < -0.3 is 24.8 Å². The molecule has 0 bridgehead atoms. The molecule has 6 nitrogen and oxygen atoms in total. The minimum Gasteiger partial charge on any atom is -0.459 e. The highest BCUT2D eigenvalue weighted by Crippen LogP contribution is 2.37. The predicted octanol–water partition coefficient (Wildman–Crippen LogP) is 2.16. The molecule has 2 heterocycles. The van der Waals surface area contributed by atoms with Gasteiger partial charge in [-0.2, -0.15) is 0 Å². The molecule has 1 atom stereocenters. The number of benzene rings is 1. The van der Waals surface area contributed by atoms with E-state index in [1.54, 1.807) is 0 Å². The van der Waals surface area contributed by atoms with Crippen molar-refractivity contribution in [1.29, 1.82) is 0 Å². The molecule has 0 amide bonds. The smallest absolute Gasteiger partial charge is 0.338 e. The van der Waals surface area contributed by atoms with E-state index < -0.39 is 6.04 Å². The molecule has 2 aliphatic heterocycles. The van der Waals surface area contributed by atoms with Crippen LogP contribution in [-0.4, -0.2) is 24.0 Å². The average Bonchev–Trinajstić information content (AvgIpc) is 2.92. The summed E-state index contributed by atoms with van der Waals surface area (Å²) in [7, 11) is 0. The normalized spacial score (nSPS) is 19.5. The quantitative estimate of drug-likeness (QED) is 0.648. The number of hydrogen-bond donors (Lipinski definition) is 2. The summed E-state index contributed by atoms with van der Waals surface area (Å²) in [5.74, 6) is 0.975. The summed E-state index contributed by atoms with van der Waals surface area (Å²) < 4.78 is 16.1. The summed E-state index contributed by atoms with van der Waals surface area (Å²) in [6.45, 7) is 5.65. The molecule has 0 aromatic heterocycles. The van der Waals surface area contributed by atoms with Crippen molar-refractivity contribution in [2.24, 2.45) is 0 Å². The average molecular weight is 334 g/mol. The number of fused-ring (bicyclic) bond motifs is 1. The zero-order valence-electron chi connectivity index (χ0n) is 13.1. The maximum Gasteiger partial charge on any atom is 0.338 e. The van der Waals surface area contributed by atoms with E-state index in [0.717, 1.165) is 5.56 Å². The third-order valence-electron chi connectivity index (χ3n) is 3.56. The van der Waals surface area contributed by atoms with E-state index in [4.69, 9.17) is 26.4 Å². The molecule has 1 unspecified atom stereocenters. The van der Waals surface area contributed by atoms with Gasteiger partial charge in [0.1, 0.15) is 0 Å². The second-order valence-electron chi connectivity index (χ2n) is 5.64. The summed E-state index contributed by atoms with van der Waals surface area (Å²) in [5, 5.41) is 6.57. The van der Waals surface area contributed by atoms with E-state index in [1.165, 1.54) is 0 Å². The number of hydrogen-bond acceptors (Lipinski definition) is 5. The largest absolute Gasteiger partial charge is 0.459 e. The van der Waals surface area contributed by atoms with E-state index in [-0.39, 0.29) is 18.9 Å². The van der Waals surface area contributed by atoms with Crippen LogP contribution >= 0.6 is 12.2 Å². The number of carbonyl (C=O) groups excluding carboxylic acids is 1. The van der Waals surface area contributed by atoms with Crippen molar-refractivity contribution in [2.45, 2.75) is 32.9 Å². The first kappa shape index (κ1) is 15.6. The van der Waals surface area contributed by atoms with Gasteiger partial charge in [0.05, 0.1) is 17.7 Å². The van der Waals surface area contributed by atoms with Gasteiger partial charge in [-0.05, 0) is 50.7 Å². The van der Waals surface area contributed by atoms with Crippen LogP contribution in [0.1, 0.15) is 32.4 Å². The fraction of sp³-hybridized carbons (Fsp3) is 0.375. The van der Waals surface area contributed by atoms with Crippen molar-refractivity contribution in [3.8, 4) is 11.5 Å². The lowest BCUT2D eigenvalue weighted by molar-refractivity contribution is -0.143. The Morgan fingerprint density at radius 3 is 2.83 bits per heavy atom. The Labute approximate surface area is 139 Å². The van der Waals surface area contributed by atoms with Crippen LogP contribution in [0.5, 0.6) is 11.5 Å². The minimum atomic E-state index is -0.399. The van der Waals surface area contributed by atoms with Crippen LogP contribution in [0.4, 0.5) is 0 Å². The molecule has 0 fully saturated rings. The Hall–Kier alpha value is -2.28. The molecule has 122 valence electrons. The van der Waals surface area contributed by atoms with Gasteiger partial charge in [-0.15, -0.1) is 0 Å². The first-order valence-corrected chi connectivity index (χ1v) is 7.75. The number of thiocarbonyl (C=S) groups is 1. The molecular formula is C16H18N2O4S. The second-order valence-corrected chi connectivity index (χ2v) is 6.05. The zero-order valence-corrected chi connectivity index (χ0v) is 14.0. The molecule has 0 saturated carbocycles. The molecule has 0 aliphatic carbocycles. The third-order valence-corrected chi connectivity index (χ3v) is 3.78. The van der Waals surface area contributed by atoms with Crippen molar-refractivity contribution in [3.63, 3.8) is 0 Å². The van der Waals surface area contributed by atoms with E-state index in [9.17, 15) is 4.79 Å². The zero-order chi connectivity index (χ0) is 16.6. The molecule has 23 heavy (non-hydrogen) atoms. The molecule has 7 heteroatoms. The van der Waals surface area contributed by atoms with E-state index >= 15 is 0 Å². The number of esters is 1. The Balaban J connectivity index is 1.99. The van der Waals surface area contributed by atoms with E-state index in [2.05, 4.69) is 10.6 Å². The number of ether oxygens (including phenoxy) is 3. The van der Waals surface area contributed by atoms with E-state index in [0.29, 0.717) is 27.9 Å². The lowest BCUT2D eigenvalue weighted by Gasteiger charge is -2.30. The summed E-state index contributed by atoms with van der Waals surface area (Å²) in [6.07, 6.45) is -0.200. The fourth-order valence-corrected chi connectivity index (χ4v) is 2.86. The predicted molar refractivity (Wildman–Crippen MR) is 88.1 cm³/mol. The van der Waals surface area contributed by atoms with Gasteiger partial charge in [0.25, 0.3) is 0 Å². The minimum absolute atomic E-state index is 0.200. The first-order valence-electron chi connectivity index (χ1n) is 7.34. The van der Waals surface area contributed by atoms with Gasteiger partial charge in [0, 0.05) is 5.70 Å². The maximum atomic E-state index is 12.5.